The third kappa shape index (κ3) is 12.6. The Kier molecular flexibility index (Phi) is 15.9. The summed E-state index contributed by atoms with van der Waals surface area (Å²) in [5.74, 6) is -2.70. The van der Waals surface area contributed by atoms with E-state index >= 15 is 0 Å². The molecule has 0 N–H and O–H groups in total. The summed E-state index contributed by atoms with van der Waals surface area (Å²) in [5.41, 5.74) is -0.0678. The van der Waals surface area contributed by atoms with Gasteiger partial charge in [-0.2, -0.15) is 52.7 Å². The predicted molar refractivity (Wildman–Crippen MR) is 206 cm³/mol. The maximum absolute atomic E-state index is 12.9. The Morgan fingerprint density at radius 3 is 1.44 bits per heavy atom. The lowest BCUT2D eigenvalue weighted by atomic mass is 9.80. The summed E-state index contributed by atoms with van der Waals surface area (Å²) in [6.07, 6.45) is -15.4. The molecule has 0 saturated carbocycles. The topological polar surface area (TPSA) is 149 Å². The Labute approximate surface area is 361 Å². The van der Waals surface area contributed by atoms with E-state index in [0.29, 0.717) is 5.46 Å². The molecule has 6 aromatic heterocycles. The van der Waals surface area contributed by atoms with E-state index in [-0.39, 0.29) is 54.3 Å². The van der Waals surface area contributed by atoms with Crippen molar-refractivity contribution in [2.45, 2.75) is 105 Å². The molecule has 0 aromatic carbocycles. The minimum atomic E-state index is -4.71. The van der Waals surface area contributed by atoms with Gasteiger partial charge < -0.3 is 18.8 Å². The lowest BCUT2D eigenvalue weighted by Gasteiger charge is -2.32. The number of rotatable bonds is 6. The first kappa shape index (κ1) is 52.8. The number of pyridine rings is 2. The molecule has 64 heavy (non-hydrogen) atoms. The summed E-state index contributed by atoms with van der Waals surface area (Å²) in [6.45, 7) is 9.44. The first-order valence-corrected chi connectivity index (χ1v) is 17.8. The van der Waals surface area contributed by atoms with E-state index in [1.54, 1.807) is 6.07 Å². The number of ether oxygens (including phenoxy) is 2. The molecule has 0 radical (unpaired) electrons. The zero-order chi connectivity index (χ0) is 46.2. The van der Waals surface area contributed by atoms with Gasteiger partial charge in [0.25, 0.3) is 0 Å². The predicted octanol–water partition coefficient (Wildman–Crippen LogP) is 9.31. The van der Waals surface area contributed by atoms with Crippen LogP contribution in [0.1, 0.15) is 68.0 Å². The minimum Gasteiger partial charge on any atom is -0.465 e. The number of hydrogen-bond donors (Lipinski definition) is 0. The molecule has 28 heteroatoms. The van der Waals surface area contributed by atoms with E-state index < -0.39 is 66.9 Å². The highest BCUT2D eigenvalue weighted by molar-refractivity contribution is 6.62. The third-order valence-corrected chi connectivity index (χ3v) is 9.09. The molecule has 0 unspecified atom stereocenters. The van der Waals surface area contributed by atoms with Crippen LogP contribution in [-0.2, 0) is 21.7 Å². The van der Waals surface area contributed by atoms with Crippen LogP contribution in [0, 0.1) is 0 Å². The first-order valence-electron chi connectivity index (χ1n) is 17.4. The van der Waals surface area contributed by atoms with Crippen molar-refractivity contribution >= 4 is 35.5 Å². The standard InChI is InChI=1S/C14H19BF3NO3.C14H9F6N5O.C6H2ClF3N4.2CH4/c1-9(14(16,17)18)20-11-7-6-10(8-19-11)15-21-12(2,3)13(4,5)22-15;1-7(13(15,16)17)26-11-3-2-8(4-22-11)9-6-25-10(5-21-9)23-24-12(25)14(18,19)20;7-3-2-14-4(1-11-3)12-13-5(14)6(8,9)10;;/h6-9H,1-5H3;2-7H,1H3;1-2H;2*1H4/t9-;7-;;;/m11.../s1. The van der Waals surface area contributed by atoms with E-state index in [4.69, 9.17) is 25.6 Å². The molecule has 6 aromatic rings. The summed E-state index contributed by atoms with van der Waals surface area (Å²) in [7, 11) is -0.605. The lowest BCUT2D eigenvalue weighted by molar-refractivity contribution is -0.190. The third-order valence-electron chi connectivity index (χ3n) is 8.89. The average Bonchev–Trinajstić information content (AvgIpc) is 3.84. The minimum absolute atomic E-state index is 0. The maximum Gasteiger partial charge on any atom is 0.496 e. The van der Waals surface area contributed by atoms with Gasteiger partial charge in [0.15, 0.2) is 23.5 Å². The molecule has 0 spiro atoms. The SMILES string of the molecule is C.C.C[C@@H](Oc1ccc(-c2cn3c(C(F)(F)F)nnc3cn2)cn1)C(F)(F)F.C[C@@H](Oc1ccc(B2OC(C)(C)C(C)(C)O2)cn1)C(F)(F)F.FC(F)(F)c1nnc2cnc(Cl)cn12. The molecule has 0 amide bonds. The largest absolute Gasteiger partial charge is 0.496 e. The van der Waals surface area contributed by atoms with E-state index in [0.717, 1.165) is 53.6 Å². The van der Waals surface area contributed by atoms with Gasteiger partial charge in [0, 0.05) is 41.9 Å². The van der Waals surface area contributed by atoms with Gasteiger partial charge in [0.2, 0.25) is 23.4 Å². The molecule has 350 valence electrons. The highest BCUT2D eigenvalue weighted by Crippen LogP contribution is 2.37. The fourth-order valence-corrected chi connectivity index (χ4v) is 4.94. The van der Waals surface area contributed by atoms with Crippen LogP contribution in [0.15, 0.2) is 61.4 Å². The second kappa shape index (κ2) is 19.3. The van der Waals surface area contributed by atoms with E-state index in [9.17, 15) is 52.7 Å². The van der Waals surface area contributed by atoms with Crippen molar-refractivity contribution in [3.8, 4) is 23.0 Å². The average molecular weight is 949 g/mol. The molecule has 0 bridgehead atoms. The molecule has 7 rings (SSSR count). The highest BCUT2D eigenvalue weighted by Gasteiger charge is 2.52. The van der Waals surface area contributed by atoms with Crippen molar-refractivity contribution in [2.75, 3.05) is 0 Å². The van der Waals surface area contributed by atoms with Crippen molar-refractivity contribution < 1.29 is 71.5 Å². The molecule has 7 heterocycles. The smallest absolute Gasteiger partial charge is 0.465 e. The Bertz CT molecular complexity index is 2450. The van der Waals surface area contributed by atoms with Gasteiger partial charge in [0.05, 0.1) is 29.3 Å². The molecule has 14 nitrogen and oxygen atoms in total. The second-order valence-corrected chi connectivity index (χ2v) is 14.4. The van der Waals surface area contributed by atoms with Crippen LogP contribution in [-0.4, -0.2) is 92.0 Å². The molecule has 2 atom stereocenters. The maximum atomic E-state index is 12.9. The van der Waals surface area contributed by atoms with Crippen molar-refractivity contribution in [1.82, 2.24) is 49.1 Å². The van der Waals surface area contributed by atoms with Crippen molar-refractivity contribution in [2.24, 2.45) is 0 Å². The van der Waals surface area contributed by atoms with Crippen LogP contribution in [0.4, 0.5) is 52.7 Å². The van der Waals surface area contributed by atoms with Gasteiger partial charge in [-0.1, -0.05) is 32.5 Å². The number of hydrogen-bond acceptors (Lipinski definition) is 12. The number of halogens is 13. The van der Waals surface area contributed by atoms with Gasteiger partial charge in [-0.25, -0.2) is 15.0 Å². The van der Waals surface area contributed by atoms with Gasteiger partial charge >= 0.3 is 31.8 Å². The summed E-state index contributed by atoms with van der Waals surface area (Å²) >= 11 is 5.44. The van der Waals surface area contributed by atoms with Gasteiger partial charge in [-0.15, -0.1) is 20.4 Å². The zero-order valence-corrected chi connectivity index (χ0v) is 33.3. The van der Waals surface area contributed by atoms with E-state index in [1.807, 2.05) is 27.7 Å². The van der Waals surface area contributed by atoms with Crippen molar-refractivity contribution in [3.63, 3.8) is 0 Å². The molecule has 0 aliphatic carbocycles. The number of alkyl halides is 12. The Hall–Kier alpha value is -5.57. The summed E-state index contributed by atoms with van der Waals surface area (Å²) < 4.78 is 173. The van der Waals surface area contributed by atoms with Crippen LogP contribution in [0.3, 0.4) is 0 Å². The van der Waals surface area contributed by atoms with Gasteiger partial charge in [0.1, 0.15) is 5.15 Å². The van der Waals surface area contributed by atoms with Gasteiger partial charge in [-0.3, -0.25) is 13.8 Å². The van der Waals surface area contributed by atoms with Crippen LogP contribution < -0.4 is 14.9 Å². The fraction of sp³-hybridized carbons (Fsp3) is 0.444. The van der Waals surface area contributed by atoms with Crippen LogP contribution in [0.25, 0.3) is 22.6 Å². The van der Waals surface area contributed by atoms with Crippen molar-refractivity contribution in [1.29, 1.82) is 0 Å². The lowest BCUT2D eigenvalue weighted by Crippen LogP contribution is -2.41. The molecule has 1 aliphatic rings. The van der Waals surface area contributed by atoms with Gasteiger partial charge in [-0.05, 0) is 53.7 Å². The zero-order valence-electron chi connectivity index (χ0n) is 32.5. The number of nitrogens with zero attached hydrogens (tertiary/aromatic N) is 10. The molecular formula is C36H38BClF12N10O4. The number of aromatic nitrogens is 10. The molecule has 1 fully saturated rings. The van der Waals surface area contributed by atoms with Crippen LogP contribution in [0.2, 0.25) is 5.15 Å². The summed E-state index contributed by atoms with van der Waals surface area (Å²) in [5, 5.41) is 12.7. The Morgan fingerprint density at radius 1 is 0.594 bits per heavy atom. The molecule has 1 saturated heterocycles. The highest BCUT2D eigenvalue weighted by atomic mass is 35.5. The number of fused-ring (bicyclic) bond motifs is 2. The fourth-order valence-electron chi connectivity index (χ4n) is 4.79. The van der Waals surface area contributed by atoms with E-state index in [1.165, 1.54) is 24.4 Å². The Balaban J connectivity index is 0.000000261. The van der Waals surface area contributed by atoms with Crippen molar-refractivity contribution in [3.05, 3.63) is 78.2 Å². The normalized spacial score (nSPS) is 15.8. The van der Waals surface area contributed by atoms with Crippen LogP contribution >= 0.6 is 11.6 Å². The van der Waals surface area contributed by atoms with E-state index in [2.05, 4.69) is 45.1 Å². The Morgan fingerprint density at radius 2 is 1.03 bits per heavy atom. The summed E-state index contributed by atoms with van der Waals surface area (Å²) in [4.78, 5) is 15.1. The second-order valence-electron chi connectivity index (χ2n) is 14.0. The quantitative estimate of drug-likeness (QED) is 0.116. The summed E-state index contributed by atoms with van der Waals surface area (Å²) in [6, 6.07) is 5.47. The van der Waals surface area contributed by atoms with Crippen LogP contribution in [0.5, 0.6) is 11.8 Å². The first-order chi connectivity index (χ1) is 28.5. The monoisotopic (exact) mass is 948 g/mol. The molecular weight excluding hydrogens is 911 g/mol. The molecule has 1 aliphatic heterocycles.